The Kier molecular flexibility index (Phi) is 4.33. The van der Waals surface area contributed by atoms with E-state index in [0.717, 1.165) is 22.4 Å². The van der Waals surface area contributed by atoms with E-state index in [9.17, 15) is 0 Å². The zero-order chi connectivity index (χ0) is 16.4. The predicted octanol–water partition coefficient (Wildman–Crippen LogP) is 3.92. The van der Waals surface area contributed by atoms with Crippen LogP contribution in [-0.2, 0) is 0 Å². The van der Waals surface area contributed by atoms with E-state index in [1.165, 1.54) is 19.3 Å². The lowest BCUT2D eigenvalue weighted by Gasteiger charge is -2.19. The maximum atomic E-state index is 9.16. The molecule has 0 radical (unpaired) electrons. The number of fused-ring (bicyclic) bond motifs is 1. The van der Waals surface area contributed by atoms with Crippen molar-refractivity contribution in [3.8, 4) is 6.07 Å². The Labute approximate surface area is 137 Å². The molecule has 0 saturated heterocycles. The van der Waals surface area contributed by atoms with Gasteiger partial charge in [-0.3, -0.25) is 0 Å². The predicted molar refractivity (Wildman–Crippen MR) is 93.4 cm³/mol. The van der Waals surface area contributed by atoms with Crippen LogP contribution in [0.15, 0.2) is 18.3 Å². The molecular formula is C18H23N5. The van der Waals surface area contributed by atoms with Crippen LogP contribution in [0.5, 0.6) is 0 Å². The second-order valence-electron chi connectivity index (χ2n) is 6.72. The van der Waals surface area contributed by atoms with Crippen molar-refractivity contribution in [2.24, 2.45) is 5.92 Å². The van der Waals surface area contributed by atoms with Gasteiger partial charge >= 0.3 is 0 Å². The molecule has 1 saturated carbocycles. The highest BCUT2D eigenvalue weighted by molar-refractivity contribution is 5.93. The van der Waals surface area contributed by atoms with Crippen LogP contribution >= 0.6 is 0 Å². The Morgan fingerprint density at radius 1 is 1.30 bits per heavy atom. The van der Waals surface area contributed by atoms with E-state index in [2.05, 4.69) is 47.4 Å². The van der Waals surface area contributed by atoms with Crippen molar-refractivity contribution in [3.63, 3.8) is 0 Å². The molecular weight excluding hydrogens is 286 g/mol. The van der Waals surface area contributed by atoms with Gasteiger partial charge in [-0.1, -0.05) is 13.3 Å². The molecule has 2 aromatic heterocycles. The van der Waals surface area contributed by atoms with E-state index in [-0.39, 0.29) is 6.04 Å². The minimum atomic E-state index is 0.249. The maximum absolute atomic E-state index is 9.16. The van der Waals surface area contributed by atoms with Crippen molar-refractivity contribution in [2.75, 3.05) is 10.6 Å². The van der Waals surface area contributed by atoms with Crippen molar-refractivity contribution in [1.29, 1.82) is 5.26 Å². The van der Waals surface area contributed by atoms with Gasteiger partial charge in [0.2, 0.25) is 0 Å². The molecule has 23 heavy (non-hydrogen) atoms. The maximum Gasteiger partial charge on any atom is 0.143 e. The van der Waals surface area contributed by atoms with Gasteiger partial charge < -0.3 is 10.6 Å². The monoisotopic (exact) mass is 309 g/mol. The van der Waals surface area contributed by atoms with Crippen molar-refractivity contribution >= 4 is 22.4 Å². The van der Waals surface area contributed by atoms with Crippen LogP contribution in [0, 0.1) is 17.2 Å². The number of hydrogen-bond donors (Lipinski definition) is 2. The summed E-state index contributed by atoms with van der Waals surface area (Å²) >= 11 is 0. The van der Waals surface area contributed by atoms with Crippen LogP contribution in [0.2, 0.25) is 0 Å². The van der Waals surface area contributed by atoms with E-state index < -0.39 is 0 Å². The molecule has 5 heteroatoms. The molecule has 1 aliphatic carbocycles. The number of aromatic nitrogens is 2. The van der Waals surface area contributed by atoms with Gasteiger partial charge in [-0.2, -0.15) is 5.26 Å². The molecule has 1 fully saturated rings. The third kappa shape index (κ3) is 3.37. The smallest absolute Gasteiger partial charge is 0.143 e. The van der Waals surface area contributed by atoms with E-state index >= 15 is 0 Å². The Bertz CT molecular complexity index is 747. The van der Waals surface area contributed by atoms with E-state index in [1.54, 1.807) is 6.07 Å². The fraction of sp³-hybridized carbons (Fsp3) is 0.500. The van der Waals surface area contributed by atoms with E-state index in [4.69, 9.17) is 5.26 Å². The summed E-state index contributed by atoms with van der Waals surface area (Å²) in [4.78, 5) is 8.94. The molecule has 5 nitrogen and oxygen atoms in total. The highest BCUT2D eigenvalue weighted by Crippen LogP contribution is 2.30. The molecule has 2 atom stereocenters. The Hall–Kier alpha value is -2.35. The van der Waals surface area contributed by atoms with Crippen molar-refractivity contribution in [1.82, 2.24) is 9.97 Å². The third-order valence-corrected chi connectivity index (χ3v) is 4.45. The van der Waals surface area contributed by atoms with Gasteiger partial charge in [0.05, 0.1) is 0 Å². The summed E-state index contributed by atoms with van der Waals surface area (Å²) in [5.74, 6) is 2.31. The lowest BCUT2D eigenvalue weighted by Crippen LogP contribution is -2.22. The SMILES string of the molecule is CC(C)Nc1nc(C#N)cc2cnc(N[C@H]3CCCC3C)cc12. The largest absolute Gasteiger partial charge is 0.367 e. The molecule has 0 aliphatic heterocycles. The quantitative estimate of drug-likeness (QED) is 0.895. The molecule has 0 spiro atoms. The average Bonchev–Trinajstić information content (AvgIpc) is 2.92. The number of nitriles is 1. The van der Waals surface area contributed by atoms with Crippen LogP contribution in [-0.4, -0.2) is 22.1 Å². The second-order valence-corrected chi connectivity index (χ2v) is 6.72. The van der Waals surface area contributed by atoms with E-state index in [0.29, 0.717) is 17.7 Å². The zero-order valence-corrected chi connectivity index (χ0v) is 13.9. The first-order valence-electron chi connectivity index (χ1n) is 8.31. The Morgan fingerprint density at radius 2 is 2.13 bits per heavy atom. The van der Waals surface area contributed by atoms with Gasteiger partial charge in [-0.05, 0) is 44.7 Å². The van der Waals surface area contributed by atoms with Gasteiger partial charge in [0.15, 0.2) is 0 Å². The first kappa shape index (κ1) is 15.5. The van der Waals surface area contributed by atoms with Crippen LogP contribution in [0.4, 0.5) is 11.6 Å². The van der Waals surface area contributed by atoms with E-state index in [1.807, 2.05) is 12.3 Å². The fourth-order valence-corrected chi connectivity index (χ4v) is 3.22. The van der Waals surface area contributed by atoms with Crippen LogP contribution < -0.4 is 10.6 Å². The number of hydrogen-bond acceptors (Lipinski definition) is 5. The van der Waals surface area contributed by atoms with Crippen LogP contribution in [0.25, 0.3) is 10.8 Å². The lowest BCUT2D eigenvalue weighted by molar-refractivity contribution is 0.555. The highest BCUT2D eigenvalue weighted by Gasteiger charge is 2.23. The van der Waals surface area contributed by atoms with Gasteiger partial charge in [0, 0.05) is 29.1 Å². The molecule has 0 aromatic carbocycles. The summed E-state index contributed by atoms with van der Waals surface area (Å²) in [5, 5.41) is 18.0. The summed E-state index contributed by atoms with van der Waals surface area (Å²) < 4.78 is 0. The van der Waals surface area contributed by atoms with Gasteiger partial charge in [0.25, 0.3) is 0 Å². The highest BCUT2D eigenvalue weighted by atomic mass is 15.0. The number of rotatable bonds is 4. The minimum Gasteiger partial charge on any atom is -0.367 e. The van der Waals surface area contributed by atoms with Crippen molar-refractivity contribution < 1.29 is 0 Å². The number of pyridine rings is 2. The summed E-state index contributed by atoms with van der Waals surface area (Å²) in [6.45, 7) is 6.42. The molecule has 2 N–H and O–H groups in total. The lowest BCUT2D eigenvalue weighted by atomic mass is 10.1. The summed E-state index contributed by atoms with van der Waals surface area (Å²) in [5.41, 5.74) is 0.410. The van der Waals surface area contributed by atoms with Crippen molar-refractivity contribution in [3.05, 3.63) is 24.0 Å². The summed E-state index contributed by atoms with van der Waals surface area (Å²) in [7, 11) is 0. The normalized spacial score (nSPS) is 20.7. The topological polar surface area (TPSA) is 73.6 Å². The molecule has 3 rings (SSSR count). The summed E-state index contributed by atoms with van der Waals surface area (Å²) in [6.07, 6.45) is 5.58. The zero-order valence-electron chi connectivity index (χ0n) is 13.9. The third-order valence-electron chi connectivity index (χ3n) is 4.45. The number of anilines is 2. The summed E-state index contributed by atoms with van der Waals surface area (Å²) in [6, 6.07) is 6.69. The first-order chi connectivity index (χ1) is 11.1. The Morgan fingerprint density at radius 3 is 2.78 bits per heavy atom. The molecule has 0 amide bonds. The molecule has 2 heterocycles. The molecule has 120 valence electrons. The van der Waals surface area contributed by atoms with Gasteiger partial charge in [-0.15, -0.1) is 0 Å². The minimum absolute atomic E-state index is 0.249. The molecule has 1 aliphatic rings. The molecule has 2 aromatic rings. The van der Waals surface area contributed by atoms with Crippen LogP contribution in [0.3, 0.4) is 0 Å². The number of nitrogens with zero attached hydrogens (tertiary/aromatic N) is 3. The van der Waals surface area contributed by atoms with Crippen LogP contribution in [0.1, 0.15) is 45.7 Å². The van der Waals surface area contributed by atoms with Gasteiger partial charge in [-0.25, -0.2) is 9.97 Å². The average molecular weight is 309 g/mol. The molecule has 1 unspecified atom stereocenters. The standard InChI is InChI=1S/C18H23N5/c1-11(2)21-18-15-8-17(23-16-6-4-5-12(16)3)20-10-13(15)7-14(9-19)22-18/h7-8,10-12,16H,4-6H2,1-3H3,(H,20,23)(H,21,22)/t12?,16-/m0/s1. The van der Waals surface area contributed by atoms with Crippen molar-refractivity contribution in [2.45, 2.75) is 52.1 Å². The molecule has 0 bridgehead atoms. The second kappa shape index (κ2) is 6.41. The fourth-order valence-electron chi connectivity index (χ4n) is 3.22. The number of nitrogens with one attached hydrogen (secondary N) is 2. The Balaban J connectivity index is 1.98. The first-order valence-corrected chi connectivity index (χ1v) is 8.31. The van der Waals surface area contributed by atoms with Gasteiger partial charge in [0.1, 0.15) is 23.4 Å².